The molecule has 0 saturated carbocycles. The van der Waals surface area contributed by atoms with Crippen LogP contribution in [0.4, 0.5) is 13.2 Å². The standard InChI is InChI=1S/C23H15ClF3NO4S/c1-2-33(30,31)20-9-14(13-3-6-16(24)7-4-13)11-28-21(20)18-12-32-19-10-15(23(25,26)27)5-8-17(19)22(18)29/h3-12H,2H2,1H3. The number of hydrogen-bond acceptors (Lipinski definition) is 5. The number of halogens is 4. The first kappa shape index (κ1) is 23.0. The van der Waals surface area contributed by atoms with E-state index in [4.69, 9.17) is 16.0 Å². The quantitative estimate of drug-likeness (QED) is 0.349. The molecule has 2 aromatic carbocycles. The molecule has 2 heterocycles. The van der Waals surface area contributed by atoms with Crippen LogP contribution in [0.25, 0.3) is 33.4 Å². The molecule has 10 heteroatoms. The lowest BCUT2D eigenvalue weighted by Crippen LogP contribution is -2.12. The van der Waals surface area contributed by atoms with E-state index in [1.807, 2.05) is 0 Å². The van der Waals surface area contributed by atoms with Gasteiger partial charge < -0.3 is 4.42 Å². The molecule has 33 heavy (non-hydrogen) atoms. The van der Waals surface area contributed by atoms with Crippen molar-refractivity contribution in [2.45, 2.75) is 18.0 Å². The van der Waals surface area contributed by atoms with Crippen molar-refractivity contribution < 1.29 is 26.0 Å². The number of hydrogen-bond donors (Lipinski definition) is 0. The molecule has 0 aliphatic carbocycles. The summed E-state index contributed by atoms with van der Waals surface area (Å²) in [7, 11) is -3.83. The molecule has 0 bridgehead atoms. The molecule has 0 radical (unpaired) electrons. The van der Waals surface area contributed by atoms with E-state index in [-0.39, 0.29) is 32.9 Å². The smallest absolute Gasteiger partial charge is 0.416 e. The van der Waals surface area contributed by atoms with Crippen molar-refractivity contribution in [3.05, 3.63) is 81.8 Å². The molecule has 0 fully saturated rings. The SMILES string of the molecule is CCS(=O)(=O)c1cc(-c2ccc(Cl)cc2)cnc1-c1coc2cc(C(F)(F)F)ccc2c1=O. The van der Waals surface area contributed by atoms with Crippen molar-refractivity contribution >= 4 is 32.4 Å². The number of aromatic nitrogens is 1. The van der Waals surface area contributed by atoms with Crippen LogP contribution in [-0.4, -0.2) is 19.2 Å². The molecule has 0 N–H and O–H groups in total. The third-order valence-electron chi connectivity index (χ3n) is 5.10. The number of alkyl halides is 3. The highest BCUT2D eigenvalue weighted by molar-refractivity contribution is 7.91. The zero-order valence-corrected chi connectivity index (χ0v) is 18.6. The first-order valence-electron chi connectivity index (χ1n) is 9.63. The maximum Gasteiger partial charge on any atom is 0.416 e. The van der Waals surface area contributed by atoms with Gasteiger partial charge in [0.15, 0.2) is 9.84 Å². The van der Waals surface area contributed by atoms with Gasteiger partial charge >= 0.3 is 6.18 Å². The van der Waals surface area contributed by atoms with Crippen LogP contribution in [0.1, 0.15) is 12.5 Å². The van der Waals surface area contributed by atoms with E-state index in [2.05, 4.69) is 4.98 Å². The molecule has 170 valence electrons. The third kappa shape index (κ3) is 4.38. The van der Waals surface area contributed by atoms with Gasteiger partial charge in [-0.1, -0.05) is 30.7 Å². The van der Waals surface area contributed by atoms with Gasteiger partial charge in [-0.3, -0.25) is 9.78 Å². The molecule has 4 aromatic rings. The summed E-state index contributed by atoms with van der Waals surface area (Å²) >= 11 is 5.91. The number of fused-ring (bicyclic) bond motifs is 1. The fourth-order valence-corrected chi connectivity index (χ4v) is 4.51. The van der Waals surface area contributed by atoms with Crippen LogP contribution >= 0.6 is 11.6 Å². The normalized spacial score (nSPS) is 12.3. The van der Waals surface area contributed by atoms with E-state index in [0.29, 0.717) is 16.1 Å². The molecule has 4 rings (SSSR count). The first-order valence-corrected chi connectivity index (χ1v) is 11.7. The highest BCUT2D eigenvalue weighted by Gasteiger charge is 2.31. The minimum Gasteiger partial charge on any atom is -0.463 e. The zero-order chi connectivity index (χ0) is 24.0. The zero-order valence-electron chi connectivity index (χ0n) is 17.0. The maximum atomic E-state index is 13.1. The number of nitrogens with zero attached hydrogens (tertiary/aromatic N) is 1. The van der Waals surface area contributed by atoms with Crippen LogP contribution in [0.15, 0.2) is 75.1 Å². The molecular formula is C23H15ClF3NO4S. The van der Waals surface area contributed by atoms with Crippen molar-refractivity contribution in [2.75, 3.05) is 5.75 Å². The molecular weight excluding hydrogens is 479 g/mol. The largest absolute Gasteiger partial charge is 0.463 e. The summed E-state index contributed by atoms with van der Waals surface area (Å²) in [4.78, 5) is 17.1. The molecule has 0 saturated heterocycles. The Bertz CT molecular complexity index is 1530. The van der Waals surface area contributed by atoms with Crippen LogP contribution < -0.4 is 5.43 Å². The van der Waals surface area contributed by atoms with Crippen LogP contribution in [0.5, 0.6) is 0 Å². The summed E-state index contributed by atoms with van der Waals surface area (Å²) in [6.45, 7) is 1.45. The van der Waals surface area contributed by atoms with Gasteiger partial charge in [0.1, 0.15) is 11.8 Å². The van der Waals surface area contributed by atoms with Crippen molar-refractivity contribution in [2.24, 2.45) is 0 Å². The van der Waals surface area contributed by atoms with Gasteiger partial charge in [-0.25, -0.2) is 8.42 Å². The van der Waals surface area contributed by atoms with Gasteiger partial charge in [0.25, 0.3) is 0 Å². The Morgan fingerprint density at radius 3 is 2.36 bits per heavy atom. The van der Waals surface area contributed by atoms with E-state index < -0.39 is 27.0 Å². The van der Waals surface area contributed by atoms with E-state index >= 15 is 0 Å². The molecule has 5 nitrogen and oxygen atoms in total. The molecule has 0 aliphatic heterocycles. The summed E-state index contributed by atoms with van der Waals surface area (Å²) in [5.74, 6) is -0.250. The highest BCUT2D eigenvalue weighted by atomic mass is 35.5. The van der Waals surface area contributed by atoms with Crippen molar-refractivity contribution in [1.82, 2.24) is 4.98 Å². The van der Waals surface area contributed by atoms with Crippen LogP contribution in [0.3, 0.4) is 0 Å². The Labute approximate surface area is 191 Å². The Morgan fingerprint density at radius 1 is 1.03 bits per heavy atom. The second-order valence-corrected chi connectivity index (χ2v) is 9.85. The summed E-state index contributed by atoms with van der Waals surface area (Å²) in [6.07, 6.45) is -2.26. The third-order valence-corrected chi connectivity index (χ3v) is 7.10. The summed E-state index contributed by atoms with van der Waals surface area (Å²) in [5, 5.41) is 0.385. The first-order chi connectivity index (χ1) is 15.5. The highest BCUT2D eigenvalue weighted by Crippen LogP contribution is 2.33. The lowest BCUT2D eigenvalue weighted by atomic mass is 10.0. The van der Waals surface area contributed by atoms with E-state index in [9.17, 15) is 26.4 Å². The lowest BCUT2D eigenvalue weighted by molar-refractivity contribution is -0.137. The Morgan fingerprint density at radius 2 is 1.73 bits per heavy atom. The van der Waals surface area contributed by atoms with Gasteiger partial charge in [-0.05, 0) is 42.0 Å². The Kier molecular flexibility index (Phi) is 5.79. The fraction of sp³-hybridized carbons (Fsp3) is 0.130. The minimum absolute atomic E-state index is 0.121. The number of sulfone groups is 1. The van der Waals surface area contributed by atoms with Gasteiger partial charge in [-0.2, -0.15) is 13.2 Å². The fourth-order valence-electron chi connectivity index (χ4n) is 3.31. The lowest BCUT2D eigenvalue weighted by Gasteiger charge is -2.12. The van der Waals surface area contributed by atoms with Crippen molar-refractivity contribution in [3.63, 3.8) is 0 Å². The summed E-state index contributed by atoms with van der Waals surface area (Å²) < 4.78 is 69.9. The van der Waals surface area contributed by atoms with Crippen LogP contribution in [0.2, 0.25) is 5.02 Å². The molecule has 0 aliphatic rings. The number of pyridine rings is 1. The maximum absolute atomic E-state index is 13.1. The minimum atomic E-state index is -4.60. The van der Waals surface area contributed by atoms with Gasteiger partial charge in [0, 0.05) is 16.8 Å². The van der Waals surface area contributed by atoms with E-state index in [1.54, 1.807) is 24.3 Å². The van der Waals surface area contributed by atoms with E-state index in [1.165, 1.54) is 19.2 Å². The van der Waals surface area contributed by atoms with Crippen molar-refractivity contribution in [3.8, 4) is 22.4 Å². The second kappa shape index (κ2) is 8.31. The molecule has 0 atom stereocenters. The summed E-state index contributed by atoms with van der Waals surface area (Å²) in [5.41, 5.74) is -1.08. The Balaban J connectivity index is 1.93. The predicted molar refractivity (Wildman–Crippen MR) is 119 cm³/mol. The van der Waals surface area contributed by atoms with Gasteiger partial charge in [-0.15, -0.1) is 0 Å². The average molecular weight is 494 g/mol. The topological polar surface area (TPSA) is 77.2 Å². The van der Waals surface area contributed by atoms with Crippen LogP contribution in [-0.2, 0) is 16.0 Å². The van der Waals surface area contributed by atoms with Gasteiger partial charge in [0.05, 0.1) is 32.9 Å². The second-order valence-electron chi connectivity index (χ2n) is 7.17. The monoisotopic (exact) mass is 493 g/mol. The Hall–Kier alpha value is -3.17. The number of rotatable bonds is 4. The van der Waals surface area contributed by atoms with Crippen LogP contribution in [0, 0.1) is 0 Å². The molecule has 0 unspecified atom stereocenters. The predicted octanol–water partition coefficient (Wildman–Crippen LogP) is 5.99. The van der Waals surface area contributed by atoms with Crippen molar-refractivity contribution in [1.29, 1.82) is 0 Å². The molecule has 0 amide bonds. The van der Waals surface area contributed by atoms with Gasteiger partial charge in [0.2, 0.25) is 5.43 Å². The summed E-state index contributed by atoms with van der Waals surface area (Å²) in [6, 6.07) is 10.6. The van der Waals surface area contributed by atoms with E-state index in [0.717, 1.165) is 24.5 Å². The average Bonchev–Trinajstić information content (AvgIpc) is 2.79. The molecule has 0 spiro atoms. The molecule has 2 aromatic heterocycles. The number of benzene rings is 2.